The Labute approximate surface area is 104 Å². The summed E-state index contributed by atoms with van der Waals surface area (Å²) in [7, 11) is 0. The van der Waals surface area contributed by atoms with Crippen LogP contribution in [0, 0.1) is 6.92 Å². The van der Waals surface area contributed by atoms with Gasteiger partial charge in [-0.2, -0.15) is 0 Å². The van der Waals surface area contributed by atoms with Crippen LogP contribution in [0.25, 0.3) is 0 Å². The molecule has 0 spiro atoms. The lowest BCUT2D eigenvalue weighted by atomic mass is 10.2. The predicted octanol–water partition coefficient (Wildman–Crippen LogP) is 2.14. The van der Waals surface area contributed by atoms with Gasteiger partial charge in [-0.15, -0.1) is 22.9 Å². The summed E-state index contributed by atoms with van der Waals surface area (Å²) in [6, 6.07) is 1.97. The first-order valence-electron chi connectivity index (χ1n) is 5.23. The standard InChI is InChI=1S/C11H14ClNO2S/c1-8-2-5-16-10(8)11(14)13-3-4-15-9(6-12)7-13/h2,5,9H,3-4,6-7H2,1H3. The zero-order chi connectivity index (χ0) is 11.5. The molecule has 2 rings (SSSR count). The fraction of sp³-hybridized carbons (Fsp3) is 0.545. The van der Waals surface area contributed by atoms with Crippen LogP contribution in [0.3, 0.4) is 0 Å². The molecule has 1 aromatic heterocycles. The number of ether oxygens (including phenoxy) is 1. The second-order valence-electron chi connectivity index (χ2n) is 3.83. The lowest BCUT2D eigenvalue weighted by molar-refractivity contribution is -0.0106. The van der Waals surface area contributed by atoms with Gasteiger partial charge in [0.05, 0.1) is 23.5 Å². The third kappa shape index (κ3) is 2.39. The van der Waals surface area contributed by atoms with Crippen molar-refractivity contribution in [2.45, 2.75) is 13.0 Å². The summed E-state index contributed by atoms with van der Waals surface area (Å²) in [5, 5.41) is 1.95. The van der Waals surface area contributed by atoms with Gasteiger partial charge in [0.1, 0.15) is 0 Å². The van der Waals surface area contributed by atoms with Crippen molar-refractivity contribution < 1.29 is 9.53 Å². The first-order chi connectivity index (χ1) is 7.72. The van der Waals surface area contributed by atoms with Crippen molar-refractivity contribution in [2.75, 3.05) is 25.6 Å². The van der Waals surface area contributed by atoms with Crippen LogP contribution in [0.15, 0.2) is 11.4 Å². The molecule has 0 aromatic carbocycles. The van der Waals surface area contributed by atoms with Crippen molar-refractivity contribution in [1.82, 2.24) is 4.90 Å². The number of carbonyl (C=O) groups is 1. The van der Waals surface area contributed by atoms with E-state index < -0.39 is 0 Å². The molecule has 1 unspecified atom stereocenters. The van der Waals surface area contributed by atoms with E-state index in [1.165, 1.54) is 11.3 Å². The highest BCUT2D eigenvalue weighted by Gasteiger charge is 2.25. The van der Waals surface area contributed by atoms with E-state index in [0.29, 0.717) is 25.6 Å². The molecule has 1 atom stereocenters. The summed E-state index contributed by atoms with van der Waals surface area (Å²) in [5.41, 5.74) is 1.05. The second-order valence-corrected chi connectivity index (χ2v) is 5.06. The normalized spacial score (nSPS) is 21.1. The monoisotopic (exact) mass is 259 g/mol. The third-order valence-corrected chi connectivity index (χ3v) is 4.00. The minimum Gasteiger partial charge on any atom is -0.373 e. The molecule has 1 aromatic rings. The molecule has 1 amide bonds. The Morgan fingerprint density at radius 1 is 1.75 bits per heavy atom. The number of alkyl halides is 1. The highest BCUT2D eigenvalue weighted by Crippen LogP contribution is 2.19. The van der Waals surface area contributed by atoms with Gasteiger partial charge in [-0.1, -0.05) is 0 Å². The predicted molar refractivity (Wildman–Crippen MR) is 65.4 cm³/mol. The maximum atomic E-state index is 12.2. The number of rotatable bonds is 2. The Morgan fingerprint density at radius 2 is 2.56 bits per heavy atom. The van der Waals surface area contributed by atoms with E-state index in [0.717, 1.165) is 10.4 Å². The van der Waals surface area contributed by atoms with Crippen LogP contribution >= 0.6 is 22.9 Å². The van der Waals surface area contributed by atoms with Gasteiger partial charge in [0, 0.05) is 13.1 Å². The van der Waals surface area contributed by atoms with E-state index in [-0.39, 0.29) is 12.0 Å². The molecule has 16 heavy (non-hydrogen) atoms. The molecule has 0 bridgehead atoms. The first kappa shape index (κ1) is 11.9. The number of aryl methyl sites for hydroxylation is 1. The Kier molecular flexibility index (Phi) is 3.84. The Balaban J connectivity index is 2.07. The van der Waals surface area contributed by atoms with Gasteiger partial charge in [-0.25, -0.2) is 0 Å². The van der Waals surface area contributed by atoms with Crippen molar-refractivity contribution in [3.63, 3.8) is 0 Å². The number of hydrogen-bond acceptors (Lipinski definition) is 3. The van der Waals surface area contributed by atoms with E-state index in [4.69, 9.17) is 16.3 Å². The molecule has 0 aliphatic carbocycles. The summed E-state index contributed by atoms with van der Waals surface area (Å²) in [6.07, 6.45) is -0.0281. The second kappa shape index (κ2) is 5.17. The Bertz CT molecular complexity index is 380. The summed E-state index contributed by atoms with van der Waals surface area (Å²) < 4.78 is 5.43. The number of amides is 1. The summed E-state index contributed by atoms with van der Waals surface area (Å²) in [4.78, 5) is 14.8. The van der Waals surface area contributed by atoms with Gasteiger partial charge in [0.15, 0.2) is 0 Å². The zero-order valence-electron chi connectivity index (χ0n) is 9.11. The highest BCUT2D eigenvalue weighted by atomic mass is 35.5. The minimum atomic E-state index is -0.0281. The van der Waals surface area contributed by atoms with Gasteiger partial charge in [0.25, 0.3) is 5.91 Å². The van der Waals surface area contributed by atoms with E-state index in [1.54, 1.807) is 0 Å². The van der Waals surface area contributed by atoms with Crippen LogP contribution < -0.4 is 0 Å². The molecule has 3 nitrogen and oxygen atoms in total. The maximum absolute atomic E-state index is 12.2. The van der Waals surface area contributed by atoms with Crippen LogP contribution in [0.2, 0.25) is 0 Å². The SMILES string of the molecule is Cc1ccsc1C(=O)N1CCOC(CCl)C1. The van der Waals surface area contributed by atoms with Gasteiger partial charge in [-0.3, -0.25) is 4.79 Å². The van der Waals surface area contributed by atoms with Crippen molar-refractivity contribution >= 4 is 28.8 Å². The molecule has 0 radical (unpaired) electrons. The molecule has 1 fully saturated rings. The average molecular weight is 260 g/mol. The van der Waals surface area contributed by atoms with Crippen LogP contribution in [0.4, 0.5) is 0 Å². The van der Waals surface area contributed by atoms with Crippen molar-refractivity contribution in [3.8, 4) is 0 Å². The number of hydrogen-bond donors (Lipinski definition) is 0. The number of morpholine rings is 1. The summed E-state index contributed by atoms with van der Waals surface area (Å²) in [6.45, 7) is 3.79. The van der Waals surface area contributed by atoms with Crippen molar-refractivity contribution in [2.24, 2.45) is 0 Å². The van der Waals surface area contributed by atoms with Crippen LogP contribution in [0.1, 0.15) is 15.2 Å². The zero-order valence-corrected chi connectivity index (χ0v) is 10.7. The van der Waals surface area contributed by atoms with Crippen LogP contribution in [-0.2, 0) is 4.74 Å². The molecular weight excluding hydrogens is 246 g/mol. The molecule has 5 heteroatoms. The van der Waals surface area contributed by atoms with E-state index in [2.05, 4.69) is 0 Å². The van der Waals surface area contributed by atoms with Gasteiger partial charge >= 0.3 is 0 Å². The van der Waals surface area contributed by atoms with Gasteiger partial charge in [0.2, 0.25) is 0 Å². The number of nitrogens with zero attached hydrogens (tertiary/aromatic N) is 1. The lowest BCUT2D eigenvalue weighted by Crippen LogP contribution is -2.46. The topological polar surface area (TPSA) is 29.5 Å². The molecule has 0 N–H and O–H groups in total. The van der Waals surface area contributed by atoms with Crippen LogP contribution in [-0.4, -0.2) is 42.5 Å². The highest BCUT2D eigenvalue weighted by molar-refractivity contribution is 7.12. The van der Waals surface area contributed by atoms with E-state index in [9.17, 15) is 4.79 Å². The number of halogens is 1. The van der Waals surface area contributed by atoms with Gasteiger partial charge < -0.3 is 9.64 Å². The largest absolute Gasteiger partial charge is 0.373 e. The maximum Gasteiger partial charge on any atom is 0.264 e. The fourth-order valence-electron chi connectivity index (χ4n) is 1.73. The molecule has 0 saturated carbocycles. The molecule has 1 aliphatic heterocycles. The fourth-order valence-corrected chi connectivity index (χ4v) is 2.81. The summed E-state index contributed by atoms with van der Waals surface area (Å²) in [5.74, 6) is 0.540. The Morgan fingerprint density at radius 3 is 3.19 bits per heavy atom. The first-order valence-corrected chi connectivity index (χ1v) is 6.64. The van der Waals surface area contributed by atoms with Gasteiger partial charge in [-0.05, 0) is 23.9 Å². The smallest absolute Gasteiger partial charge is 0.264 e. The number of thiophene rings is 1. The Hall–Kier alpha value is -0.580. The van der Waals surface area contributed by atoms with Crippen LogP contribution in [0.5, 0.6) is 0 Å². The lowest BCUT2D eigenvalue weighted by Gasteiger charge is -2.31. The molecular formula is C11H14ClNO2S. The number of carbonyl (C=O) groups excluding carboxylic acids is 1. The molecule has 1 saturated heterocycles. The molecule has 2 heterocycles. The van der Waals surface area contributed by atoms with Crippen molar-refractivity contribution in [3.05, 3.63) is 21.9 Å². The van der Waals surface area contributed by atoms with E-state index in [1.807, 2.05) is 23.3 Å². The molecule has 1 aliphatic rings. The minimum absolute atomic E-state index is 0.0281. The third-order valence-electron chi connectivity index (χ3n) is 2.65. The van der Waals surface area contributed by atoms with Crippen molar-refractivity contribution in [1.29, 1.82) is 0 Å². The molecule has 88 valence electrons. The quantitative estimate of drug-likeness (QED) is 0.762. The summed E-state index contributed by atoms with van der Waals surface area (Å²) >= 11 is 7.24. The average Bonchev–Trinajstić information content (AvgIpc) is 2.74. The van der Waals surface area contributed by atoms with E-state index >= 15 is 0 Å².